The standard InChI is InChI=1S/C14H23NO/c1-16-14(11-15)9-7-13(8-10-14)12-5-3-2-4-6-12/h12-13H,2-10H2,1H3. The molecule has 16 heavy (non-hydrogen) atoms. The molecule has 2 aliphatic rings. The first-order valence-electron chi connectivity index (χ1n) is 6.76. The van der Waals surface area contributed by atoms with E-state index < -0.39 is 5.60 Å². The Kier molecular flexibility index (Phi) is 3.86. The van der Waals surface area contributed by atoms with Crippen molar-refractivity contribution in [1.82, 2.24) is 0 Å². The summed E-state index contributed by atoms with van der Waals surface area (Å²) in [5.74, 6) is 1.82. The van der Waals surface area contributed by atoms with Crippen LogP contribution in [0.5, 0.6) is 0 Å². The molecule has 0 amide bonds. The fourth-order valence-electron chi connectivity index (χ4n) is 3.54. The van der Waals surface area contributed by atoms with Crippen molar-refractivity contribution < 1.29 is 4.74 Å². The summed E-state index contributed by atoms with van der Waals surface area (Å²) in [5, 5.41) is 9.16. The molecule has 2 aliphatic carbocycles. The van der Waals surface area contributed by atoms with Gasteiger partial charge in [-0.2, -0.15) is 5.26 Å². The second-order valence-electron chi connectivity index (χ2n) is 5.55. The average molecular weight is 221 g/mol. The van der Waals surface area contributed by atoms with E-state index in [4.69, 9.17) is 10.00 Å². The van der Waals surface area contributed by atoms with Gasteiger partial charge in [-0.1, -0.05) is 32.1 Å². The lowest BCUT2D eigenvalue weighted by Crippen LogP contribution is -2.36. The molecule has 0 aliphatic heterocycles. The van der Waals surface area contributed by atoms with Crippen molar-refractivity contribution in [3.8, 4) is 6.07 Å². The predicted molar refractivity (Wildman–Crippen MR) is 63.9 cm³/mol. The third kappa shape index (κ3) is 2.40. The molecule has 0 aromatic heterocycles. The lowest BCUT2D eigenvalue weighted by molar-refractivity contribution is -0.0129. The van der Waals surface area contributed by atoms with E-state index in [1.807, 2.05) is 0 Å². The minimum absolute atomic E-state index is 0.453. The van der Waals surface area contributed by atoms with Crippen LogP contribution < -0.4 is 0 Å². The summed E-state index contributed by atoms with van der Waals surface area (Å²) >= 11 is 0. The van der Waals surface area contributed by atoms with Crippen molar-refractivity contribution in [2.24, 2.45) is 11.8 Å². The number of nitriles is 1. The molecule has 0 atom stereocenters. The lowest BCUT2D eigenvalue weighted by Gasteiger charge is -2.38. The fourth-order valence-corrected chi connectivity index (χ4v) is 3.54. The number of hydrogen-bond donors (Lipinski definition) is 0. The maximum atomic E-state index is 9.16. The van der Waals surface area contributed by atoms with Crippen LogP contribution in [0.25, 0.3) is 0 Å². The van der Waals surface area contributed by atoms with E-state index >= 15 is 0 Å². The van der Waals surface area contributed by atoms with Crippen molar-refractivity contribution in [2.45, 2.75) is 63.4 Å². The van der Waals surface area contributed by atoms with Gasteiger partial charge in [-0.15, -0.1) is 0 Å². The molecule has 0 aromatic rings. The molecule has 2 rings (SSSR count). The zero-order valence-electron chi connectivity index (χ0n) is 10.4. The maximum Gasteiger partial charge on any atom is 0.153 e. The zero-order valence-corrected chi connectivity index (χ0v) is 10.4. The van der Waals surface area contributed by atoms with Crippen LogP contribution in [0.15, 0.2) is 0 Å². The van der Waals surface area contributed by atoms with Gasteiger partial charge in [0, 0.05) is 7.11 Å². The van der Waals surface area contributed by atoms with Gasteiger partial charge < -0.3 is 4.74 Å². The van der Waals surface area contributed by atoms with Gasteiger partial charge in [0.1, 0.15) is 0 Å². The number of ether oxygens (including phenoxy) is 1. The highest BCUT2D eigenvalue weighted by atomic mass is 16.5. The molecule has 0 bridgehead atoms. The number of nitrogens with zero attached hydrogens (tertiary/aromatic N) is 1. The fraction of sp³-hybridized carbons (Fsp3) is 0.929. The first-order chi connectivity index (χ1) is 7.79. The van der Waals surface area contributed by atoms with Crippen LogP contribution in [0.2, 0.25) is 0 Å². The van der Waals surface area contributed by atoms with E-state index in [0.717, 1.165) is 24.7 Å². The summed E-state index contributed by atoms with van der Waals surface area (Å²) in [6, 6.07) is 2.37. The summed E-state index contributed by atoms with van der Waals surface area (Å²) in [4.78, 5) is 0. The molecule has 2 heteroatoms. The van der Waals surface area contributed by atoms with Crippen LogP contribution in [-0.4, -0.2) is 12.7 Å². The molecule has 0 radical (unpaired) electrons. The quantitative estimate of drug-likeness (QED) is 0.712. The van der Waals surface area contributed by atoms with Crippen LogP contribution in [0.3, 0.4) is 0 Å². The Labute approximate surface area is 99.0 Å². The smallest absolute Gasteiger partial charge is 0.153 e. The second-order valence-corrected chi connectivity index (χ2v) is 5.55. The van der Waals surface area contributed by atoms with Crippen molar-refractivity contribution in [3.05, 3.63) is 0 Å². The van der Waals surface area contributed by atoms with Gasteiger partial charge >= 0.3 is 0 Å². The number of rotatable bonds is 2. The van der Waals surface area contributed by atoms with Gasteiger partial charge in [0.25, 0.3) is 0 Å². The molecule has 2 fully saturated rings. The molecular formula is C14H23NO. The van der Waals surface area contributed by atoms with E-state index in [-0.39, 0.29) is 0 Å². The highest BCUT2D eigenvalue weighted by molar-refractivity contribution is 5.04. The SMILES string of the molecule is COC1(C#N)CCC(C2CCCCC2)CC1. The van der Waals surface area contributed by atoms with Gasteiger partial charge in [0.05, 0.1) is 6.07 Å². The molecule has 2 saturated carbocycles. The van der Waals surface area contributed by atoms with Crippen LogP contribution in [0.1, 0.15) is 57.8 Å². The Hall–Kier alpha value is -0.550. The van der Waals surface area contributed by atoms with Gasteiger partial charge in [-0.25, -0.2) is 0 Å². The normalized spacial score (nSPS) is 36.9. The van der Waals surface area contributed by atoms with E-state index in [1.54, 1.807) is 7.11 Å². The van der Waals surface area contributed by atoms with Gasteiger partial charge in [0.2, 0.25) is 0 Å². The monoisotopic (exact) mass is 221 g/mol. The molecule has 0 heterocycles. The lowest BCUT2D eigenvalue weighted by atomic mass is 9.70. The summed E-state index contributed by atoms with van der Waals surface area (Å²) in [6.07, 6.45) is 11.4. The van der Waals surface area contributed by atoms with Crippen LogP contribution in [-0.2, 0) is 4.74 Å². The molecule has 0 aromatic carbocycles. The summed E-state index contributed by atoms with van der Waals surface area (Å²) in [5.41, 5.74) is -0.453. The largest absolute Gasteiger partial charge is 0.363 e. The van der Waals surface area contributed by atoms with E-state index in [2.05, 4.69) is 6.07 Å². The molecular weight excluding hydrogens is 198 g/mol. The van der Waals surface area contributed by atoms with Gasteiger partial charge in [-0.3, -0.25) is 0 Å². The topological polar surface area (TPSA) is 33.0 Å². The second kappa shape index (κ2) is 5.19. The number of hydrogen-bond acceptors (Lipinski definition) is 2. The Bertz CT molecular complexity index is 254. The molecule has 90 valence electrons. The Morgan fingerprint density at radius 2 is 1.56 bits per heavy atom. The van der Waals surface area contributed by atoms with Gasteiger partial charge in [0.15, 0.2) is 5.60 Å². The van der Waals surface area contributed by atoms with E-state index in [9.17, 15) is 0 Å². The predicted octanol–water partition coefficient (Wildman–Crippen LogP) is 3.67. The minimum atomic E-state index is -0.453. The van der Waals surface area contributed by atoms with Crippen molar-refractivity contribution in [2.75, 3.05) is 7.11 Å². The first kappa shape index (κ1) is 11.9. The van der Waals surface area contributed by atoms with E-state index in [0.29, 0.717) is 0 Å². The van der Waals surface area contributed by atoms with Crippen LogP contribution >= 0.6 is 0 Å². The molecule has 2 nitrogen and oxygen atoms in total. The van der Waals surface area contributed by atoms with Gasteiger partial charge in [-0.05, 0) is 37.5 Å². The molecule has 0 saturated heterocycles. The third-order valence-electron chi connectivity index (χ3n) is 4.75. The van der Waals surface area contributed by atoms with Crippen molar-refractivity contribution in [1.29, 1.82) is 5.26 Å². The summed E-state index contributed by atoms with van der Waals surface area (Å²) in [7, 11) is 1.68. The Morgan fingerprint density at radius 1 is 1.00 bits per heavy atom. The molecule has 0 spiro atoms. The first-order valence-corrected chi connectivity index (χ1v) is 6.76. The average Bonchev–Trinajstić information content (AvgIpc) is 2.40. The Balaban J connectivity index is 1.87. The van der Waals surface area contributed by atoms with Crippen LogP contribution in [0.4, 0.5) is 0 Å². The third-order valence-corrected chi connectivity index (χ3v) is 4.75. The van der Waals surface area contributed by atoms with Crippen molar-refractivity contribution >= 4 is 0 Å². The Morgan fingerprint density at radius 3 is 2.06 bits per heavy atom. The summed E-state index contributed by atoms with van der Waals surface area (Å²) < 4.78 is 5.40. The highest BCUT2D eigenvalue weighted by Gasteiger charge is 2.37. The molecule has 0 unspecified atom stereocenters. The maximum absolute atomic E-state index is 9.16. The molecule has 0 N–H and O–H groups in total. The number of methoxy groups -OCH3 is 1. The highest BCUT2D eigenvalue weighted by Crippen LogP contribution is 2.42. The minimum Gasteiger partial charge on any atom is -0.363 e. The zero-order chi connectivity index (χ0) is 11.4. The van der Waals surface area contributed by atoms with E-state index in [1.165, 1.54) is 44.9 Å². The van der Waals surface area contributed by atoms with Crippen molar-refractivity contribution in [3.63, 3.8) is 0 Å². The summed E-state index contributed by atoms with van der Waals surface area (Å²) in [6.45, 7) is 0. The van der Waals surface area contributed by atoms with Crippen LogP contribution in [0, 0.1) is 23.2 Å².